The molecule has 1 fully saturated rings. The number of pyridine rings is 1. The topological polar surface area (TPSA) is 49.6 Å². The molecule has 0 bridgehead atoms. The maximum atomic E-state index is 12.8. The molecule has 0 radical (unpaired) electrons. The van der Waals surface area contributed by atoms with Gasteiger partial charge in [-0.2, -0.15) is 13.2 Å². The van der Waals surface area contributed by atoms with E-state index in [0.717, 1.165) is 53.9 Å². The van der Waals surface area contributed by atoms with Gasteiger partial charge < -0.3 is 9.32 Å². The van der Waals surface area contributed by atoms with E-state index in [0.29, 0.717) is 31.0 Å². The van der Waals surface area contributed by atoms with Crippen LogP contribution in [0.25, 0.3) is 11.0 Å². The minimum absolute atomic E-state index is 0.365. The Balaban J connectivity index is 1.50. The molecule has 4 rings (SSSR count). The molecule has 8 heteroatoms. The van der Waals surface area contributed by atoms with E-state index < -0.39 is 11.7 Å². The van der Waals surface area contributed by atoms with Crippen molar-refractivity contribution in [3.05, 3.63) is 69.2 Å². The first-order chi connectivity index (χ1) is 14.7. The average Bonchev–Trinajstić information content (AvgIpc) is 2.94. The summed E-state index contributed by atoms with van der Waals surface area (Å²) in [6.45, 7) is 7.53. The predicted molar refractivity (Wildman–Crippen MR) is 113 cm³/mol. The van der Waals surface area contributed by atoms with Crippen LogP contribution in [0.3, 0.4) is 0 Å². The van der Waals surface area contributed by atoms with Crippen molar-refractivity contribution in [1.82, 2.24) is 9.88 Å². The van der Waals surface area contributed by atoms with Gasteiger partial charge in [-0.25, -0.2) is 9.78 Å². The second-order valence-electron chi connectivity index (χ2n) is 8.04. The molecule has 1 aliphatic heterocycles. The first-order valence-electron chi connectivity index (χ1n) is 10.3. The van der Waals surface area contributed by atoms with E-state index in [1.54, 1.807) is 6.07 Å². The summed E-state index contributed by atoms with van der Waals surface area (Å²) in [5, 5.41) is 0.938. The fourth-order valence-electron chi connectivity index (χ4n) is 3.95. The van der Waals surface area contributed by atoms with Crippen molar-refractivity contribution in [1.29, 1.82) is 0 Å². The molecule has 1 saturated heterocycles. The van der Waals surface area contributed by atoms with E-state index in [4.69, 9.17) is 4.42 Å². The van der Waals surface area contributed by atoms with E-state index >= 15 is 0 Å². The first kappa shape index (κ1) is 21.4. The maximum absolute atomic E-state index is 12.8. The van der Waals surface area contributed by atoms with Crippen molar-refractivity contribution in [3.63, 3.8) is 0 Å². The molecule has 164 valence electrons. The van der Waals surface area contributed by atoms with E-state index in [1.807, 2.05) is 24.8 Å². The summed E-state index contributed by atoms with van der Waals surface area (Å²) >= 11 is 0. The van der Waals surface area contributed by atoms with Crippen LogP contribution in [-0.2, 0) is 12.7 Å². The number of hydrogen-bond acceptors (Lipinski definition) is 5. The van der Waals surface area contributed by atoms with Gasteiger partial charge in [-0.05, 0) is 61.2 Å². The highest BCUT2D eigenvalue weighted by molar-refractivity contribution is 5.81. The van der Waals surface area contributed by atoms with E-state index in [9.17, 15) is 18.0 Å². The summed E-state index contributed by atoms with van der Waals surface area (Å²) in [7, 11) is 0. The molecule has 3 heterocycles. The number of aromatic nitrogens is 1. The third-order valence-corrected chi connectivity index (χ3v) is 5.83. The fourth-order valence-corrected chi connectivity index (χ4v) is 3.95. The molecule has 1 aliphatic rings. The number of hydrogen-bond donors (Lipinski definition) is 0. The molecule has 0 saturated carbocycles. The molecule has 31 heavy (non-hydrogen) atoms. The van der Waals surface area contributed by atoms with Crippen molar-refractivity contribution < 1.29 is 17.6 Å². The van der Waals surface area contributed by atoms with Gasteiger partial charge in [0.1, 0.15) is 11.4 Å². The van der Waals surface area contributed by atoms with Gasteiger partial charge in [0.05, 0.1) is 5.56 Å². The molecule has 0 unspecified atom stereocenters. The molecular weight excluding hydrogens is 407 g/mol. The zero-order valence-corrected chi connectivity index (χ0v) is 17.5. The number of benzene rings is 1. The number of anilines is 1. The van der Waals surface area contributed by atoms with Crippen LogP contribution >= 0.6 is 0 Å². The Bertz CT molecular complexity index is 1140. The first-order valence-corrected chi connectivity index (χ1v) is 10.3. The standard InChI is InChI=1S/C23H24F3N3O2/c1-15-10-19-17(12-22(30)31-20(19)11-16(15)2)14-28-6-3-7-29(9-8-28)21-5-4-18(13-27-21)23(24,25)26/h4-5,10-13H,3,6-9,14H2,1-2H3. The van der Waals surface area contributed by atoms with Gasteiger partial charge in [-0.3, -0.25) is 4.90 Å². The lowest BCUT2D eigenvalue weighted by Crippen LogP contribution is -2.31. The summed E-state index contributed by atoms with van der Waals surface area (Å²) < 4.78 is 43.7. The van der Waals surface area contributed by atoms with E-state index in [1.165, 1.54) is 6.07 Å². The molecule has 0 atom stereocenters. The lowest BCUT2D eigenvalue weighted by Gasteiger charge is -2.23. The SMILES string of the molecule is Cc1cc2oc(=O)cc(CN3CCCN(c4ccc(C(F)(F)F)cn4)CC3)c2cc1C. The van der Waals surface area contributed by atoms with Gasteiger partial charge in [-0.15, -0.1) is 0 Å². The number of aryl methyl sites for hydroxylation is 2. The quantitative estimate of drug-likeness (QED) is 0.570. The lowest BCUT2D eigenvalue weighted by atomic mass is 10.0. The van der Waals surface area contributed by atoms with E-state index in [-0.39, 0.29) is 5.63 Å². The molecule has 0 amide bonds. The van der Waals surface area contributed by atoms with Crippen LogP contribution in [0.5, 0.6) is 0 Å². The normalized spacial score (nSPS) is 16.0. The summed E-state index contributed by atoms with van der Waals surface area (Å²) in [5.74, 6) is 0.548. The Morgan fingerprint density at radius 2 is 1.81 bits per heavy atom. The third kappa shape index (κ3) is 4.74. The molecule has 2 aromatic heterocycles. The van der Waals surface area contributed by atoms with Crippen molar-refractivity contribution in [2.24, 2.45) is 0 Å². The number of halogens is 3. The molecule has 5 nitrogen and oxygen atoms in total. The van der Waals surface area contributed by atoms with Crippen molar-refractivity contribution >= 4 is 16.8 Å². The fraction of sp³-hybridized carbons (Fsp3) is 0.391. The highest BCUT2D eigenvalue weighted by Crippen LogP contribution is 2.29. The van der Waals surface area contributed by atoms with Crippen molar-refractivity contribution in [2.45, 2.75) is 33.0 Å². The monoisotopic (exact) mass is 431 g/mol. The van der Waals surface area contributed by atoms with Gasteiger partial charge >= 0.3 is 11.8 Å². The summed E-state index contributed by atoms with van der Waals surface area (Å²) in [4.78, 5) is 20.3. The van der Waals surface area contributed by atoms with E-state index in [2.05, 4.69) is 16.0 Å². The second-order valence-corrected chi connectivity index (χ2v) is 8.04. The smallest absolute Gasteiger partial charge is 0.417 e. The van der Waals surface area contributed by atoms with Crippen molar-refractivity contribution in [3.8, 4) is 0 Å². The zero-order valence-electron chi connectivity index (χ0n) is 17.5. The minimum Gasteiger partial charge on any atom is -0.423 e. The Morgan fingerprint density at radius 3 is 2.52 bits per heavy atom. The number of fused-ring (bicyclic) bond motifs is 1. The number of alkyl halides is 3. The van der Waals surface area contributed by atoms with Gasteiger partial charge in [0.2, 0.25) is 0 Å². The largest absolute Gasteiger partial charge is 0.423 e. The van der Waals surface area contributed by atoms with Crippen LogP contribution < -0.4 is 10.5 Å². The molecule has 1 aromatic carbocycles. The Morgan fingerprint density at radius 1 is 1.03 bits per heavy atom. The van der Waals surface area contributed by atoms with Crippen LogP contribution in [0.15, 0.2) is 45.7 Å². The second kappa shape index (κ2) is 8.34. The highest BCUT2D eigenvalue weighted by atomic mass is 19.4. The van der Waals surface area contributed by atoms with Gasteiger partial charge in [0, 0.05) is 50.4 Å². The van der Waals surface area contributed by atoms with Gasteiger partial charge in [0.25, 0.3) is 0 Å². The molecule has 3 aromatic rings. The third-order valence-electron chi connectivity index (χ3n) is 5.83. The van der Waals surface area contributed by atoms with Crippen LogP contribution in [0.4, 0.5) is 19.0 Å². The van der Waals surface area contributed by atoms with Crippen LogP contribution in [-0.4, -0.2) is 36.1 Å². The Labute approximate surface area is 178 Å². The highest BCUT2D eigenvalue weighted by Gasteiger charge is 2.31. The average molecular weight is 431 g/mol. The maximum Gasteiger partial charge on any atom is 0.417 e. The predicted octanol–water partition coefficient (Wildman–Crippen LogP) is 4.54. The van der Waals surface area contributed by atoms with Gasteiger partial charge in [-0.1, -0.05) is 0 Å². The Kier molecular flexibility index (Phi) is 5.75. The van der Waals surface area contributed by atoms with Crippen LogP contribution in [0.2, 0.25) is 0 Å². The van der Waals surface area contributed by atoms with Gasteiger partial charge in [0.15, 0.2) is 0 Å². The Hall–Kier alpha value is -2.87. The lowest BCUT2D eigenvalue weighted by molar-refractivity contribution is -0.137. The minimum atomic E-state index is -4.39. The molecule has 0 aliphatic carbocycles. The molecular formula is C23H24F3N3O2. The summed E-state index contributed by atoms with van der Waals surface area (Å²) in [6.07, 6.45) is -2.65. The molecule has 0 N–H and O–H groups in total. The van der Waals surface area contributed by atoms with Crippen molar-refractivity contribution in [2.75, 3.05) is 31.1 Å². The number of nitrogens with zero attached hydrogens (tertiary/aromatic N) is 3. The summed E-state index contributed by atoms with van der Waals surface area (Å²) in [6, 6.07) is 8.01. The number of rotatable bonds is 3. The zero-order chi connectivity index (χ0) is 22.2. The van der Waals surface area contributed by atoms with Crippen LogP contribution in [0, 0.1) is 13.8 Å². The molecule has 0 spiro atoms. The van der Waals surface area contributed by atoms with Crippen LogP contribution in [0.1, 0.15) is 28.7 Å². The summed E-state index contributed by atoms with van der Waals surface area (Å²) in [5.41, 5.74) is 2.62.